The molecule has 1 aliphatic heterocycles. The Labute approximate surface area is 80.8 Å². The van der Waals surface area contributed by atoms with Crippen LogP contribution >= 0.6 is 0 Å². The maximum absolute atomic E-state index is 11.1. The minimum Gasteiger partial charge on any atom is -0.310 e. The van der Waals surface area contributed by atoms with Gasteiger partial charge in [-0.2, -0.15) is 0 Å². The smallest absolute Gasteiger partial charge is 0.151 e. The largest absolute Gasteiger partial charge is 0.310 e. The van der Waals surface area contributed by atoms with Crippen LogP contribution in [0.25, 0.3) is 0 Å². The monoisotopic (exact) mass is 205 g/mol. The Morgan fingerprint density at radius 1 is 1.54 bits per heavy atom. The van der Waals surface area contributed by atoms with Crippen LogP contribution in [0.2, 0.25) is 0 Å². The Hall–Kier alpha value is -0.0900. The summed E-state index contributed by atoms with van der Waals surface area (Å²) in [6.45, 7) is 4.26. The maximum Gasteiger partial charge on any atom is 0.151 e. The highest BCUT2D eigenvalue weighted by Gasteiger charge is 2.28. The molecule has 0 aromatic rings. The van der Waals surface area contributed by atoms with E-state index in [0.717, 1.165) is 19.3 Å². The van der Waals surface area contributed by atoms with Crippen molar-refractivity contribution in [3.63, 3.8) is 0 Å². The zero-order valence-electron chi connectivity index (χ0n) is 8.41. The van der Waals surface area contributed by atoms with Crippen molar-refractivity contribution in [1.29, 1.82) is 0 Å². The van der Waals surface area contributed by atoms with Gasteiger partial charge in [-0.05, 0) is 19.8 Å². The Morgan fingerprint density at radius 3 is 2.69 bits per heavy atom. The first-order chi connectivity index (χ1) is 6.03. The van der Waals surface area contributed by atoms with Crippen molar-refractivity contribution in [2.24, 2.45) is 0 Å². The van der Waals surface area contributed by atoms with Gasteiger partial charge in [0.1, 0.15) is 0 Å². The zero-order valence-corrected chi connectivity index (χ0v) is 9.23. The van der Waals surface area contributed by atoms with E-state index in [0.29, 0.717) is 17.5 Å². The fourth-order valence-electron chi connectivity index (χ4n) is 1.85. The van der Waals surface area contributed by atoms with Crippen LogP contribution in [0, 0.1) is 0 Å². The number of rotatable bonds is 4. The molecular weight excluding hydrogens is 186 g/mol. The molecule has 1 saturated heterocycles. The maximum atomic E-state index is 11.1. The molecular formula is C9H19NO2S. The van der Waals surface area contributed by atoms with E-state index < -0.39 is 9.84 Å². The summed E-state index contributed by atoms with van der Waals surface area (Å²) in [5, 5.41) is 3.36. The first-order valence-corrected chi connectivity index (χ1v) is 6.82. The third-order valence-electron chi connectivity index (χ3n) is 2.47. The van der Waals surface area contributed by atoms with E-state index in [1.165, 1.54) is 0 Å². The fourth-order valence-corrected chi connectivity index (χ4v) is 3.53. The Bertz CT molecular complexity index is 248. The third-order valence-corrected chi connectivity index (χ3v) is 4.24. The predicted molar refractivity (Wildman–Crippen MR) is 54.6 cm³/mol. The molecule has 0 aromatic heterocycles. The van der Waals surface area contributed by atoms with Crippen molar-refractivity contribution in [2.45, 2.75) is 45.2 Å². The molecule has 13 heavy (non-hydrogen) atoms. The van der Waals surface area contributed by atoms with E-state index in [1.807, 2.05) is 0 Å². The van der Waals surface area contributed by atoms with Crippen LogP contribution in [0.3, 0.4) is 0 Å². The topological polar surface area (TPSA) is 46.2 Å². The third kappa shape index (κ3) is 3.65. The average molecular weight is 205 g/mol. The molecule has 3 nitrogen and oxygen atoms in total. The lowest BCUT2D eigenvalue weighted by molar-refractivity contribution is 0.447. The van der Waals surface area contributed by atoms with Gasteiger partial charge in [0.2, 0.25) is 0 Å². The molecule has 0 bridgehead atoms. The molecule has 78 valence electrons. The normalized spacial score (nSPS) is 28.9. The second-order valence-electron chi connectivity index (χ2n) is 3.96. The molecule has 1 fully saturated rings. The van der Waals surface area contributed by atoms with Gasteiger partial charge in [0, 0.05) is 12.1 Å². The van der Waals surface area contributed by atoms with Crippen molar-refractivity contribution < 1.29 is 8.42 Å². The molecule has 0 radical (unpaired) electrons. The van der Waals surface area contributed by atoms with Crippen LogP contribution in [0.15, 0.2) is 0 Å². The molecule has 0 unspecified atom stereocenters. The van der Waals surface area contributed by atoms with Crippen molar-refractivity contribution in [2.75, 3.05) is 11.5 Å². The van der Waals surface area contributed by atoms with Crippen molar-refractivity contribution in [3.05, 3.63) is 0 Å². The van der Waals surface area contributed by atoms with Gasteiger partial charge in [0.15, 0.2) is 9.84 Å². The molecule has 2 atom stereocenters. The summed E-state index contributed by atoms with van der Waals surface area (Å²) in [5.74, 6) is 0.699. The van der Waals surface area contributed by atoms with E-state index in [2.05, 4.69) is 19.2 Å². The van der Waals surface area contributed by atoms with Crippen LogP contribution in [0.4, 0.5) is 0 Å². The van der Waals surface area contributed by atoms with Gasteiger partial charge in [-0.1, -0.05) is 13.3 Å². The molecule has 0 aromatic carbocycles. The molecule has 1 rings (SSSR count). The number of sulfone groups is 1. The van der Waals surface area contributed by atoms with Gasteiger partial charge < -0.3 is 5.32 Å². The lowest BCUT2D eigenvalue weighted by Crippen LogP contribution is -2.37. The molecule has 1 N–H and O–H groups in total. The minimum absolute atomic E-state index is 0.201. The minimum atomic E-state index is -2.72. The van der Waals surface area contributed by atoms with Crippen LogP contribution in [0.1, 0.15) is 33.1 Å². The van der Waals surface area contributed by atoms with Gasteiger partial charge >= 0.3 is 0 Å². The van der Waals surface area contributed by atoms with Gasteiger partial charge in [-0.15, -0.1) is 0 Å². The highest BCUT2D eigenvalue weighted by atomic mass is 32.2. The lowest BCUT2D eigenvalue weighted by Gasteiger charge is -2.17. The average Bonchev–Trinajstić information content (AvgIpc) is 2.30. The number of hydrogen-bond acceptors (Lipinski definition) is 3. The quantitative estimate of drug-likeness (QED) is 0.743. The Morgan fingerprint density at radius 2 is 2.23 bits per heavy atom. The van der Waals surface area contributed by atoms with E-state index >= 15 is 0 Å². The summed E-state index contributed by atoms with van der Waals surface area (Å²) in [6, 6.07) is 0.648. The highest BCUT2D eigenvalue weighted by molar-refractivity contribution is 7.91. The van der Waals surface area contributed by atoms with Crippen LogP contribution in [0.5, 0.6) is 0 Å². The molecule has 0 amide bonds. The molecule has 4 heteroatoms. The second-order valence-corrected chi connectivity index (χ2v) is 6.19. The van der Waals surface area contributed by atoms with Crippen molar-refractivity contribution >= 4 is 9.84 Å². The molecule has 0 saturated carbocycles. The SMILES string of the molecule is CCC[C@@H](C)N[C@H]1CCS(=O)(=O)C1. The highest BCUT2D eigenvalue weighted by Crippen LogP contribution is 2.12. The molecule has 1 aliphatic rings. The molecule has 0 aliphatic carbocycles. The molecule has 0 spiro atoms. The number of nitrogens with one attached hydrogen (secondary N) is 1. The fraction of sp³-hybridized carbons (Fsp3) is 1.00. The standard InChI is InChI=1S/C9H19NO2S/c1-3-4-8(2)10-9-5-6-13(11,12)7-9/h8-10H,3-7H2,1-2H3/t8-,9+/m1/s1. The summed E-state index contributed by atoms with van der Waals surface area (Å²) in [7, 11) is -2.72. The van der Waals surface area contributed by atoms with Gasteiger partial charge in [-0.3, -0.25) is 0 Å². The Balaban J connectivity index is 2.32. The first kappa shape index (κ1) is 11.0. The summed E-state index contributed by atoms with van der Waals surface area (Å²) >= 11 is 0. The van der Waals surface area contributed by atoms with Gasteiger partial charge in [-0.25, -0.2) is 8.42 Å². The number of hydrogen-bond donors (Lipinski definition) is 1. The van der Waals surface area contributed by atoms with Gasteiger partial charge in [0.05, 0.1) is 11.5 Å². The summed E-state index contributed by atoms with van der Waals surface area (Å²) < 4.78 is 22.3. The van der Waals surface area contributed by atoms with Crippen molar-refractivity contribution in [3.8, 4) is 0 Å². The van der Waals surface area contributed by atoms with Crippen LogP contribution < -0.4 is 5.32 Å². The van der Waals surface area contributed by atoms with E-state index in [1.54, 1.807) is 0 Å². The summed E-state index contributed by atoms with van der Waals surface area (Å²) in [5.41, 5.74) is 0. The zero-order chi connectivity index (χ0) is 9.90. The van der Waals surface area contributed by atoms with E-state index in [9.17, 15) is 8.42 Å². The second kappa shape index (κ2) is 4.42. The van der Waals surface area contributed by atoms with Crippen LogP contribution in [-0.4, -0.2) is 32.0 Å². The van der Waals surface area contributed by atoms with Crippen LogP contribution in [-0.2, 0) is 9.84 Å². The lowest BCUT2D eigenvalue weighted by atomic mass is 10.1. The van der Waals surface area contributed by atoms with E-state index in [-0.39, 0.29) is 6.04 Å². The predicted octanol–water partition coefficient (Wildman–Crippen LogP) is 0.952. The van der Waals surface area contributed by atoms with E-state index in [4.69, 9.17) is 0 Å². The molecule has 1 heterocycles. The van der Waals surface area contributed by atoms with Gasteiger partial charge in [0.25, 0.3) is 0 Å². The first-order valence-electron chi connectivity index (χ1n) is 5.00. The Kier molecular flexibility index (Phi) is 3.74. The summed E-state index contributed by atoms with van der Waals surface area (Å²) in [4.78, 5) is 0. The summed E-state index contributed by atoms with van der Waals surface area (Å²) in [6.07, 6.45) is 3.06. The van der Waals surface area contributed by atoms with Crippen molar-refractivity contribution in [1.82, 2.24) is 5.32 Å².